The summed E-state index contributed by atoms with van der Waals surface area (Å²) in [6.07, 6.45) is 4.67. The SMILES string of the molecule is C=CCCCCBr.C=CCCCCN(C)C(=O)C(F)(F)F.CNC(C)=O. The molecule has 0 fully saturated rings. The molecule has 0 atom stereocenters. The number of hydrogen-bond donors (Lipinski definition) is 1. The van der Waals surface area contributed by atoms with E-state index in [-0.39, 0.29) is 12.5 Å². The number of halogens is 4. The van der Waals surface area contributed by atoms with E-state index in [1.807, 2.05) is 6.08 Å². The molecule has 0 aromatic carbocycles. The minimum Gasteiger partial charge on any atom is -0.359 e. The van der Waals surface area contributed by atoms with Crippen molar-refractivity contribution in [2.45, 2.75) is 51.6 Å². The topological polar surface area (TPSA) is 49.4 Å². The molecule has 0 aromatic rings. The second-order valence-electron chi connectivity index (χ2n) is 5.29. The van der Waals surface area contributed by atoms with E-state index in [4.69, 9.17) is 0 Å². The summed E-state index contributed by atoms with van der Waals surface area (Å²) in [6, 6.07) is 0. The fraction of sp³-hybridized carbons (Fsp3) is 0.667. The van der Waals surface area contributed by atoms with Crippen LogP contribution < -0.4 is 5.32 Å². The molecule has 0 bridgehead atoms. The van der Waals surface area contributed by atoms with Crippen LogP contribution in [0.2, 0.25) is 0 Å². The first-order chi connectivity index (χ1) is 12.1. The van der Waals surface area contributed by atoms with Gasteiger partial charge in [-0.05, 0) is 38.5 Å². The lowest BCUT2D eigenvalue weighted by Gasteiger charge is -2.18. The minimum atomic E-state index is -4.76. The highest BCUT2D eigenvalue weighted by Crippen LogP contribution is 2.17. The van der Waals surface area contributed by atoms with Crippen LogP contribution in [0.4, 0.5) is 13.2 Å². The van der Waals surface area contributed by atoms with Crippen LogP contribution in [0.3, 0.4) is 0 Å². The number of nitrogens with zero attached hydrogens (tertiary/aromatic N) is 1. The third kappa shape index (κ3) is 24.9. The van der Waals surface area contributed by atoms with Crippen molar-refractivity contribution in [3.05, 3.63) is 25.3 Å². The van der Waals surface area contributed by atoms with Crippen LogP contribution in [0, 0.1) is 0 Å². The zero-order valence-corrected chi connectivity index (χ0v) is 17.6. The van der Waals surface area contributed by atoms with Crippen LogP contribution in [0.5, 0.6) is 0 Å². The molecule has 0 rings (SSSR count). The number of rotatable bonds is 9. The van der Waals surface area contributed by atoms with Crippen LogP contribution in [-0.2, 0) is 9.59 Å². The Labute approximate surface area is 164 Å². The zero-order chi connectivity index (χ0) is 21.0. The van der Waals surface area contributed by atoms with Gasteiger partial charge in [-0.15, -0.1) is 13.2 Å². The minimum absolute atomic E-state index is 0.00463. The van der Waals surface area contributed by atoms with Crippen LogP contribution in [0.25, 0.3) is 0 Å². The third-order valence-corrected chi connectivity index (χ3v) is 3.45. The molecule has 8 heteroatoms. The van der Waals surface area contributed by atoms with Gasteiger partial charge in [0.2, 0.25) is 5.91 Å². The van der Waals surface area contributed by atoms with E-state index in [1.54, 1.807) is 13.1 Å². The quantitative estimate of drug-likeness (QED) is 0.313. The summed E-state index contributed by atoms with van der Waals surface area (Å²) in [4.78, 5) is 21.0. The van der Waals surface area contributed by atoms with Crippen molar-refractivity contribution in [1.29, 1.82) is 0 Å². The normalized spacial score (nSPS) is 9.65. The number of alkyl halides is 4. The molecule has 0 heterocycles. The summed E-state index contributed by atoms with van der Waals surface area (Å²) < 4.78 is 35.6. The van der Waals surface area contributed by atoms with E-state index >= 15 is 0 Å². The number of carbonyl (C=O) groups is 2. The van der Waals surface area contributed by atoms with Crippen molar-refractivity contribution in [2.24, 2.45) is 0 Å². The molecule has 0 saturated carbocycles. The molecule has 0 aliphatic carbocycles. The lowest BCUT2D eigenvalue weighted by molar-refractivity contribution is -0.184. The number of unbranched alkanes of at least 4 members (excludes halogenated alkanes) is 4. The Morgan fingerprint density at radius 2 is 1.50 bits per heavy atom. The molecular formula is C18H32BrF3N2O2. The molecule has 154 valence electrons. The Morgan fingerprint density at radius 1 is 1.08 bits per heavy atom. The van der Waals surface area contributed by atoms with Gasteiger partial charge in [-0.1, -0.05) is 28.1 Å². The number of carbonyl (C=O) groups excluding carboxylic acids is 2. The smallest absolute Gasteiger partial charge is 0.359 e. The van der Waals surface area contributed by atoms with Gasteiger partial charge in [-0.2, -0.15) is 13.2 Å². The number of hydrogen-bond acceptors (Lipinski definition) is 2. The van der Waals surface area contributed by atoms with E-state index in [0.717, 1.165) is 31.6 Å². The number of amides is 2. The van der Waals surface area contributed by atoms with Gasteiger partial charge in [0.15, 0.2) is 0 Å². The van der Waals surface area contributed by atoms with Crippen molar-refractivity contribution < 1.29 is 22.8 Å². The Morgan fingerprint density at radius 3 is 1.81 bits per heavy atom. The summed E-state index contributed by atoms with van der Waals surface area (Å²) >= 11 is 3.35. The Kier molecular flexibility index (Phi) is 22.7. The largest absolute Gasteiger partial charge is 0.471 e. The molecule has 0 aromatic heterocycles. The Bertz CT molecular complexity index is 389. The summed E-state index contributed by atoms with van der Waals surface area (Å²) in [6.45, 7) is 8.71. The maximum atomic E-state index is 11.9. The van der Waals surface area contributed by atoms with Crippen molar-refractivity contribution >= 4 is 27.7 Å². The highest BCUT2D eigenvalue weighted by Gasteiger charge is 2.40. The molecule has 0 spiro atoms. The van der Waals surface area contributed by atoms with E-state index in [2.05, 4.69) is 34.4 Å². The molecular weight excluding hydrogens is 413 g/mol. The van der Waals surface area contributed by atoms with E-state index in [0.29, 0.717) is 11.3 Å². The zero-order valence-electron chi connectivity index (χ0n) is 16.0. The maximum absolute atomic E-state index is 11.9. The lowest BCUT2D eigenvalue weighted by atomic mass is 10.2. The molecule has 2 amide bonds. The second-order valence-corrected chi connectivity index (χ2v) is 6.08. The first kappa shape index (κ1) is 29.5. The van der Waals surface area contributed by atoms with Gasteiger partial charge in [0.05, 0.1) is 0 Å². The molecule has 4 nitrogen and oxygen atoms in total. The summed E-state index contributed by atoms with van der Waals surface area (Å²) in [5, 5.41) is 3.51. The average Bonchev–Trinajstić information content (AvgIpc) is 2.58. The molecule has 0 aliphatic heterocycles. The molecule has 0 saturated heterocycles. The summed E-state index contributed by atoms with van der Waals surface area (Å²) in [5.41, 5.74) is 0. The monoisotopic (exact) mass is 444 g/mol. The van der Waals surface area contributed by atoms with Crippen LogP contribution in [-0.4, -0.2) is 48.9 Å². The predicted molar refractivity (Wildman–Crippen MR) is 105 cm³/mol. The third-order valence-electron chi connectivity index (χ3n) is 2.88. The summed E-state index contributed by atoms with van der Waals surface area (Å²) in [7, 11) is 2.76. The van der Waals surface area contributed by atoms with Crippen LogP contribution >= 0.6 is 15.9 Å². The second kappa shape index (κ2) is 20.0. The van der Waals surface area contributed by atoms with Gasteiger partial charge in [-0.3, -0.25) is 9.59 Å². The molecule has 1 N–H and O–H groups in total. The van der Waals surface area contributed by atoms with Gasteiger partial charge in [0, 0.05) is 32.9 Å². The maximum Gasteiger partial charge on any atom is 0.471 e. The highest BCUT2D eigenvalue weighted by molar-refractivity contribution is 9.09. The molecule has 0 unspecified atom stereocenters. The van der Waals surface area contributed by atoms with E-state index < -0.39 is 12.1 Å². The number of allylic oxidation sites excluding steroid dienone is 2. The van der Waals surface area contributed by atoms with Crippen molar-refractivity contribution in [3.8, 4) is 0 Å². The molecule has 26 heavy (non-hydrogen) atoms. The number of nitrogens with one attached hydrogen (secondary N) is 1. The van der Waals surface area contributed by atoms with Crippen molar-refractivity contribution in [3.63, 3.8) is 0 Å². The van der Waals surface area contributed by atoms with Gasteiger partial charge < -0.3 is 10.2 Å². The van der Waals surface area contributed by atoms with Crippen LogP contribution in [0.15, 0.2) is 25.3 Å². The van der Waals surface area contributed by atoms with E-state index in [9.17, 15) is 22.8 Å². The first-order valence-electron chi connectivity index (χ1n) is 8.36. The summed E-state index contributed by atoms with van der Waals surface area (Å²) in [5.74, 6) is -1.78. The van der Waals surface area contributed by atoms with Gasteiger partial charge in [-0.25, -0.2) is 0 Å². The first-order valence-corrected chi connectivity index (χ1v) is 9.48. The van der Waals surface area contributed by atoms with Crippen molar-refractivity contribution in [1.82, 2.24) is 10.2 Å². The van der Waals surface area contributed by atoms with Gasteiger partial charge >= 0.3 is 12.1 Å². The standard InChI is InChI=1S/C9H14F3NO.C6H11Br.C3H7NO/c1-3-4-5-6-7-13(2)8(14)9(10,11)12;1-2-3-4-5-6-7;1-3(5)4-2/h3H,1,4-7H2,2H3;2H,1,3-6H2;1-2H3,(H,4,5). The fourth-order valence-electron chi connectivity index (χ4n) is 1.34. The van der Waals surface area contributed by atoms with Crippen molar-refractivity contribution in [2.75, 3.05) is 26.0 Å². The fourth-order valence-corrected chi connectivity index (χ4v) is 1.74. The Hall–Kier alpha value is -1.31. The predicted octanol–water partition coefficient (Wildman–Crippen LogP) is 4.85. The highest BCUT2D eigenvalue weighted by atomic mass is 79.9. The molecule has 0 aliphatic rings. The van der Waals surface area contributed by atoms with Gasteiger partial charge in [0.1, 0.15) is 0 Å². The average molecular weight is 445 g/mol. The van der Waals surface area contributed by atoms with E-state index in [1.165, 1.54) is 19.8 Å². The van der Waals surface area contributed by atoms with Gasteiger partial charge in [0.25, 0.3) is 0 Å². The Balaban J connectivity index is -0.000000366. The molecule has 0 radical (unpaired) electrons. The van der Waals surface area contributed by atoms with Crippen LogP contribution in [0.1, 0.15) is 45.4 Å². The lowest BCUT2D eigenvalue weighted by Crippen LogP contribution is -2.38.